The topological polar surface area (TPSA) is 221 Å². The third-order valence-corrected chi connectivity index (χ3v) is 24.5. The molecule has 0 fully saturated rings. The molecule has 0 amide bonds. The zero-order valence-corrected chi connectivity index (χ0v) is 81.9. The summed E-state index contributed by atoms with van der Waals surface area (Å²) in [6, 6.07) is 73.7. The van der Waals surface area contributed by atoms with Gasteiger partial charge in [0.25, 0.3) is 0 Å². The molecule has 0 atom stereocenters. The van der Waals surface area contributed by atoms with Crippen LogP contribution in [0.2, 0.25) is 0 Å². The maximum Gasteiger partial charge on any atom is 0.335 e. The van der Waals surface area contributed by atoms with Crippen LogP contribution in [0.15, 0.2) is 231 Å². The number of methoxy groups -OCH3 is 2. The lowest BCUT2D eigenvalue weighted by Gasteiger charge is -2.20. The standard InChI is InChI=1S/C28H28O2.C24H18O2.C16H28O6P2.C12H16O3.C12H16O2.C8H8Cl2.C6H15O3P/c1-28(2,3)26-17-18-27(30-4)25(19-26)16-15-23-9-7-21(8-10-23)5-6-22-11-13-24(20-29)14-12-22;25-17-23-13-9-21(10-14-23)7-5-19-1-2-20(4-3-19)6-8-22-11-15-24(18-26)16-12-22;1-5-19-23(17,20-6-2)13-15-9-11-16(12-10-15)14-24(18,21-7-3)22-8-4;1-3-14-12(15-4-2)11-7-5-10(9-13)6-8-11;1-12(2,3)10-5-6-11(14-4)9(7-10)8-13;9-5-7-1-2-8(6-10)4-3-7;1-4-7-10(8-5-2)9-6-3/h5-20H,1-4H3;1-18H;9-12H,5-8,13-14H2,1-4H3;5-9,12H,3-4H2,1-2H3;5-8H,1-4H3;1-4H,5-6H2;4-6H2,1-3H3/b6-5+,16-15+;7-5+,8-6+;;;;;. The Morgan fingerprint density at radius 2 is 0.550 bits per heavy atom. The molecular formula is C106H129Cl2O18P3. The molecule has 0 aliphatic rings. The number of carbonyl (C=O) groups is 5. The molecule has 0 N–H and O–H groups in total. The van der Waals surface area contributed by atoms with Gasteiger partial charge in [0.2, 0.25) is 0 Å². The SMILES string of the molecule is CCOC(OCC)c1ccc(C=O)cc1.CCOP(=O)(Cc1ccc(CP(=O)(OCC)OCC)cc1)OCC.CCOP(OCC)OCC.COc1ccc(C(C)(C)C)cc1/C=C/c1ccc(/C=C/c2ccc(C=O)cc2)cc1.COc1ccc(C(C)(C)C)cc1C=O.ClCc1ccc(CCl)cc1.O=Cc1ccc(/C=C/c2ccc(/C=C/c3ccc(C=O)cc3)cc2)cc1. The van der Waals surface area contributed by atoms with E-state index in [1.54, 1.807) is 54.0 Å². The molecule has 10 aromatic carbocycles. The Labute approximate surface area is 777 Å². The number of halogens is 2. The van der Waals surface area contributed by atoms with Gasteiger partial charge in [-0.25, -0.2) is 0 Å². The lowest BCUT2D eigenvalue weighted by Crippen LogP contribution is -2.11. The number of hydrogen-bond acceptors (Lipinski definition) is 18. The second-order valence-corrected chi connectivity index (χ2v) is 36.0. The van der Waals surface area contributed by atoms with Gasteiger partial charge in [-0.15, -0.1) is 23.2 Å². The highest BCUT2D eigenvalue weighted by Gasteiger charge is 2.27. The van der Waals surface area contributed by atoms with Crippen LogP contribution in [-0.2, 0) is 85.2 Å². The van der Waals surface area contributed by atoms with Crippen LogP contribution < -0.4 is 9.47 Å². The molecule has 0 aromatic heterocycles. The van der Waals surface area contributed by atoms with Crippen LogP contribution in [0.4, 0.5) is 0 Å². The van der Waals surface area contributed by atoms with Crippen LogP contribution in [0.1, 0.15) is 245 Å². The first-order valence-corrected chi connectivity index (χ1v) is 48.6. The molecule has 0 unspecified atom stereocenters. The minimum Gasteiger partial charge on any atom is -0.496 e. The monoisotopic (exact) mass is 1850 g/mol. The molecule has 18 nitrogen and oxygen atoms in total. The van der Waals surface area contributed by atoms with Crippen molar-refractivity contribution in [3.8, 4) is 11.5 Å². The van der Waals surface area contributed by atoms with Crippen LogP contribution in [0, 0.1) is 0 Å². The second kappa shape index (κ2) is 62.5. The lowest BCUT2D eigenvalue weighted by molar-refractivity contribution is -0.140. The smallest absolute Gasteiger partial charge is 0.335 e. The number of ether oxygens (including phenoxy) is 4. The van der Waals surface area contributed by atoms with Crippen molar-refractivity contribution in [2.45, 2.75) is 145 Å². The average molecular weight is 1860 g/mol. The first-order chi connectivity index (χ1) is 62.1. The minimum absolute atomic E-state index is 0.0596. The first-order valence-electron chi connectivity index (χ1n) is 43.0. The fourth-order valence-electron chi connectivity index (χ4n) is 11.5. The molecular weight excluding hydrogens is 1720 g/mol. The van der Waals surface area contributed by atoms with Crippen molar-refractivity contribution in [3.05, 3.63) is 342 Å². The van der Waals surface area contributed by atoms with Crippen LogP contribution >= 0.6 is 47.0 Å². The van der Waals surface area contributed by atoms with Gasteiger partial charge < -0.3 is 50.6 Å². The highest BCUT2D eigenvalue weighted by Crippen LogP contribution is 2.53. The Bertz CT molecular complexity index is 4890. The van der Waals surface area contributed by atoms with Gasteiger partial charge in [-0.3, -0.25) is 33.1 Å². The van der Waals surface area contributed by atoms with Gasteiger partial charge in [-0.05, 0) is 170 Å². The normalized spacial score (nSPS) is 11.4. The highest BCUT2D eigenvalue weighted by atomic mass is 35.5. The predicted octanol–water partition coefficient (Wildman–Crippen LogP) is 28.9. The Hall–Kier alpha value is -9.78. The number of benzene rings is 10. The van der Waals surface area contributed by atoms with Gasteiger partial charge >= 0.3 is 23.8 Å². The fraction of sp³-hybridized carbons (Fsp3) is 0.311. The van der Waals surface area contributed by atoms with E-state index in [-0.39, 0.29) is 29.4 Å². The average Bonchev–Trinajstić information content (AvgIpc) is 0.828. The Morgan fingerprint density at radius 3 is 0.783 bits per heavy atom. The maximum absolute atomic E-state index is 12.5. The van der Waals surface area contributed by atoms with Crippen molar-refractivity contribution in [2.24, 2.45) is 0 Å². The third kappa shape index (κ3) is 43.7. The summed E-state index contributed by atoms with van der Waals surface area (Å²) in [4.78, 5) is 53.3. The Balaban J connectivity index is 0.000000326. The van der Waals surface area contributed by atoms with Crippen LogP contribution in [-0.4, -0.2) is 105 Å². The molecule has 10 rings (SSSR count). The summed E-state index contributed by atoms with van der Waals surface area (Å²) >= 11 is 11.2. The van der Waals surface area contributed by atoms with Crippen molar-refractivity contribution in [1.29, 1.82) is 0 Å². The van der Waals surface area contributed by atoms with Gasteiger partial charge in [-0.2, -0.15) is 0 Å². The summed E-state index contributed by atoms with van der Waals surface area (Å²) in [6.45, 7) is 34.2. The summed E-state index contributed by atoms with van der Waals surface area (Å²) < 4.78 is 83.2. The van der Waals surface area contributed by atoms with Crippen molar-refractivity contribution >= 4 is 127 Å². The molecule has 0 bridgehead atoms. The molecule has 0 saturated heterocycles. The molecule has 0 radical (unpaired) electrons. The van der Waals surface area contributed by atoms with Gasteiger partial charge in [-0.1, -0.05) is 296 Å². The molecule has 0 heterocycles. The van der Waals surface area contributed by atoms with E-state index in [1.807, 2.05) is 223 Å². The Kier molecular flexibility index (Phi) is 54.0. The number of aldehydes is 5. The molecule has 23 heteroatoms. The zero-order valence-electron chi connectivity index (χ0n) is 77.7. The van der Waals surface area contributed by atoms with E-state index in [0.29, 0.717) is 105 Å². The summed E-state index contributed by atoms with van der Waals surface area (Å²) in [5, 5.41) is 0. The van der Waals surface area contributed by atoms with Gasteiger partial charge in [0.15, 0.2) is 12.6 Å². The summed E-state index contributed by atoms with van der Waals surface area (Å²) in [7, 11) is -4.03. The van der Waals surface area contributed by atoms with Crippen LogP contribution in [0.3, 0.4) is 0 Å². The predicted molar refractivity (Wildman–Crippen MR) is 534 cm³/mol. The Morgan fingerprint density at radius 1 is 0.302 bits per heavy atom. The molecule has 0 aliphatic carbocycles. The summed E-state index contributed by atoms with van der Waals surface area (Å²) in [6.07, 6.45) is 20.7. The molecule has 129 heavy (non-hydrogen) atoms. The number of hydrogen-bond donors (Lipinski definition) is 0. The van der Waals surface area contributed by atoms with E-state index in [2.05, 4.69) is 120 Å². The lowest BCUT2D eigenvalue weighted by atomic mass is 9.86. The zero-order chi connectivity index (χ0) is 94.9. The van der Waals surface area contributed by atoms with E-state index in [4.69, 9.17) is 73.8 Å². The van der Waals surface area contributed by atoms with Gasteiger partial charge in [0.1, 0.15) is 36.6 Å². The van der Waals surface area contributed by atoms with Crippen LogP contribution in [0.25, 0.3) is 48.6 Å². The van der Waals surface area contributed by atoms with Crippen molar-refractivity contribution in [1.82, 2.24) is 0 Å². The van der Waals surface area contributed by atoms with Crippen LogP contribution in [0.5, 0.6) is 11.5 Å². The van der Waals surface area contributed by atoms with E-state index >= 15 is 0 Å². The maximum atomic E-state index is 12.5. The second-order valence-electron chi connectivity index (χ2n) is 30.2. The quantitative estimate of drug-likeness (QED) is 0.0114. The van der Waals surface area contributed by atoms with Crippen molar-refractivity contribution in [2.75, 3.05) is 73.7 Å². The number of carbonyl (C=O) groups excluding carboxylic acids is 5. The van der Waals surface area contributed by atoms with E-state index < -0.39 is 23.8 Å². The van der Waals surface area contributed by atoms with Gasteiger partial charge in [0.05, 0.1) is 78.4 Å². The van der Waals surface area contributed by atoms with E-state index in [0.717, 1.165) is 115 Å². The molecule has 690 valence electrons. The molecule has 10 aromatic rings. The van der Waals surface area contributed by atoms with E-state index in [9.17, 15) is 33.1 Å². The van der Waals surface area contributed by atoms with Crippen molar-refractivity contribution in [3.63, 3.8) is 0 Å². The van der Waals surface area contributed by atoms with E-state index in [1.165, 1.54) is 5.56 Å². The molecule has 0 aliphatic heterocycles. The summed E-state index contributed by atoms with van der Waals surface area (Å²) in [5.74, 6) is 2.65. The number of alkyl halides is 2. The third-order valence-electron chi connectivity index (χ3n) is 18.4. The first kappa shape index (κ1) is 112. The fourth-order valence-corrected chi connectivity index (χ4v) is 16.2. The molecule has 0 saturated carbocycles. The molecule has 0 spiro atoms. The highest BCUT2D eigenvalue weighted by molar-refractivity contribution is 7.53. The largest absolute Gasteiger partial charge is 0.496 e. The minimum atomic E-state index is -3.12. The van der Waals surface area contributed by atoms with Gasteiger partial charge in [0, 0.05) is 58.4 Å². The van der Waals surface area contributed by atoms with Crippen molar-refractivity contribution < 1.29 is 83.7 Å². The summed E-state index contributed by atoms with van der Waals surface area (Å²) in [5.41, 5.74) is 19.5. The number of rotatable bonds is 40.